The summed E-state index contributed by atoms with van der Waals surface area (Å²) in [7, 11) is 0. The van der Waals surface area contributed by atoms with E-state index >= 15 is 0 Å². The molecule has 0 heterocycles. The summed E-state index contributed by atoms with van der Waals surface area (Å²) in [5, 5.41) is 2.94. The molecular weight excluding hydrogens is 306 g/mol. The summed E-state index contributed by atoms with van der Waals surface area (Å²) in [5.41, 5.74) is 6.46. The molecule has 6 heteroatoms. The number of amides is 2. The second-order valence-electron chi connectivity index (χ2n) is 6.05. The number of carbonyl (C=O) groups is 2. The van der Waals surface area contributed by atoms with E-state index in [0.29, 0.717) is 6.54 Å². The molecule has 2 rings (SSSR count). The molecule has 1 aromatic carbocycles. The average molecular weight is 333 g/mol. The van der Waals surface area contributed by atoms with Gasteiger partial charge in [-0.3, -0.25) is 4.79 Å². The molecular formula is C18H27N3O3. The van der Waals surface area contributed by atoms with Crippen molar-refractivity contribution < 1.29 is 14.3 Å². The molecule has 1 aliphatic carbocycles. The smallest absolute Gasteiger partial charge is 0.407 e. The van der Waals surface area contributed by atoms with Crippen LogP contribution in [0, 0.1) is 0 Å². The summed E-state index contributed by atoms with van der Waals surface area (Å²) in [5.74, 6) is -0.0751. The van der Waals surface area contributed by atoms with Crippen LogP contribution in [0.15, 0.2) is 30.3 Å². The summed E-state index contributed by atoms with van der Waals surface area (Å²) in [4.78, 5) is 25.9. The molecule has 2 atom stereocenters. The Morgan fingerprint density at radius 3 is 2.62 bits per heavy atom. The standard InChI is InChI=1S/C18H27N3O3/c1-2-21(17(22)12-19)16-11-7-6-10-15(16)20-18(23)24-13-14-8-4-3-5-9-14/h3-5,8-9,15-16H,2,6-7,10-13,19H2,1H3,(H,20,23)/t15-,16+/m1/s1. The highest BCUT2D eigenvalue weighted by Crippen LogP contribution is 2.23. The fourth-order valence-electron chi connectivity index (χ4n) is 3.28. The van der Waals surface area contributed by atoms with Gasteiger partial charge in [0.1, 0.15) is 6.61 Å². The maximum atomic E-state index is 12.1. The fourth-order valence-corrected chi connectivity index (χ4v) is 3.28. The highest BCUT2D eigenvalue weighted by molar-refractivity contribution is 5.78. The third kappa shape index (κ3) is 4.96. The van der Waals surface area contributed by atoms with E-state index in [-0.39, 0.29) is 31.1 Å². The van der Waals surface area contributed by atoms with Crippen molar-refractivity contribution in [2.45, 2.75) is 51.3 Å². The zero-order chi connectivity index (χ0) is 17.4. The van der Waals surface area contributed by atoms with E-state index in [1.807, 2.05) is 37.3 Å². The van der Waals surface area contributed by atoms with Crippen LogP contribution in [-0.2, 0) is 16.1 Å². The monoisotopic (exact) mass is 333 g/mol. The Balaban J connectivity index is 1.92. The number of ether oxygens (including phenoxy) is 1. The molecule has 6 nitrogen and oxygen atoms in total. The number of carbonyl (C=O) groups excluding carboxylic acids is 2. The number of benzene rings is 1. The van der Waals surface area contributed by atoms with Crippen LogP contribution in [0.25, 0.3) is 0 Å². The van der Waals surface area contributed by atoms with Crippen molar-refractivity contribution in [1.29, 1.82) is 0 Å². The minimum absolute atomic E-state index is 0.00445. The van der Waals surface area contributed by atoms with Gasteiger partial charge in [-0.05, 0) is 25.3 Å². The van der Waals surface area contributed by atoms with E-state index in [4.69, 9.17) is 10.5 Å². The Morgan fingerprint density at radius 1 is 1.25 bits per heavy atom. The van der Waals surface area contributed by atoms with Crippen molar-refractivity contribution in [3.05, 3.63) is 35.9 Å². The summed E-state index contributed by atoms with van der Waals surface area (Å²) < 4.78 is 5.30. The van der Waals surface area contributed by atoms with Gasteiger partial charge >= 0.3 is 6.09 Å². The van der Waals surface area contributed by atoms with Crippen LogP contribution in [0.1, 0.15) is 38.2 Å². The van der Waals surface area contributed by atoms with Crippen LogP contribution >= 0.6 is 0 Å². The fraction of sp³-hybridized carbons (Fsp3) is 0.556. The van der Waals surface area contributed by atoms with Crippen molar-refractivity contribution in [1.82, 2.24) is 10.2 Å². The van der Waals surface area contributed by atoms with Gasteiger partial charge in [-0.15, -0.1) is 0 Å². The number of likely N-dealkylation sites (N-methyl/N-ethyl adjacent to an activating group) is 1. The van der Waals surface area contributed by atoms with Gasteiger partial charge in [-0.1, -0.05) is 43.2 Å². The number of alkyl carbamates (subject to hydrolysis) is 1. The highest BCUT2D eigenvalue weighted by atomic mass is 16.5. The first-order chi connectivity index (χ1) is 11.7. The largest absolute Gasteiger partial charge is 0.445 e. The first-order valence-electron chi connectivity index (χ1n) is 8.62. The molecule has 0 unspecified atom stereocenters. The van der Waals surface area contributed by atoms with E-state index in [2.05, 4.69) is 5.32 Å². The van der Waals surface area contributed by atoms with Crippen LogP contribution in [0.3, 0.4) is 0 Å². The zero-order valence-electron chi connectivity index (χ0n) is 14.2. The number of nitrogens with one attached hydrogen (secondary N) is 1. The summed E-state index contributed by atoms with van der Waals surface area (Å²) in [6.45, 7) is 2.77. The molecule has 0 aromatic heterocycles. The quantitative estimate of drug-likeness (QED) is 0.834. The minimum atomic E-state index is -0.438. The lowest BCUT2D eigenvalue weighted by atomic mass is 9.89. The van der Waals surface area contributed by atoms with Crippen LogP contribution in [0.2, 0.25) is 0 Å². The Hall–Kier alpha value is -2.08. The molecule has 3 N–H and O–H groups in total. The normalized spacial score (nSPS) is 20.2. The van der Waals surface area contributed by atoms with Crippen LogP contribution in [-0.4, -0.2) is 42.1 Å². The molecule has 24 heavy (non-hydrogen) atoms. The number of nitrogens with two attached hydrogens (primary N) is 1. The third-order valence-corrected chi connectivity index (χ3v) is 4.48. The molecule has 1 aliphatic rings. The minimum Gasteiger partial charge on any atom is -0.445 e. The van der Waals surface area contributed by atoms with Gasteiger partial charge in [0.25, 0.3) is 0 Å². The first-order valence-corrected chi connectivity index (χ1v) is 8.62. The van der Waals surface area contributed by atoms with Crippen molar-refractivity contribution >= 4 is 12.0 Å². The van der Waals surface area contributed by atoms with Gasteiger partial charge in [-0.2, -0.15) is 0 Å². The molecule has 1 saturated carbocycles. The molecule has 132 valence electrons. The van der Waals surface area contributed by atoms with E-state index in [1.165, 1.54) is 0 Å². The lowest BCUT2D eigenvalue weighted by molar-refractivity contribution is -0.133. The molecule has 1 fully saturated rings. The second kappa shape index (κ2) is 9.27. The molecule has 0 radical (unpaired) electrons. The lowest BCUT2D eigenvalue weighted by Gasteiger charge is -2.39. The summed E-state index contributed by atoms with van der Waals surface area (Å²) in [6.07, 6.45) is 3.37. The predicted octanol–water partition coefficient (Wildman–Crippen LogP) is 2.03. The number of rotatable bonds is 6. The Labute approximate surface area is 143 Å². The maximum absolute atomic E-state index is 12.1. The van der Waals surface area contributed by atoms with E-state index in [9.17, 15) is 9.59 Å². The third-order valence-electron chi connectivity index (χ3n) is 4.48. The van der Waals surface area contributed by atoms with Gasteiger partial charge in [0, 0.05) is 6.54 Å². The van der Waals surface area contributed by atoms with Crippen LogP contribution < -0.4 is 11.1 Å². The molecule has 0 aliphatic heterocycles. The van der Waals surface area contributed by atoms with Gasteiger partial charge in [0.05, 0.1) is 18.6 Å². The highest BCUT2D eigenvalue weighted by Gasteiger charge is 2.32. The van der Waals surface area contributed by atoms with Crippen LogP contribution in [0.4, 0.5) is 4.79 Å². The van der Waals surface area contributed by atoms with Crippen molar-refractivity contribution in [2.75, 3.05) is 13.1 Å². The number of hydrogen-bond acceptors (Lipinski definition) is 4. The van der Waals surface area contributed by atoms with E-state index in [0.717, 1.165) is 31.2 Å². The predicted molar refractivity (Wildman–Crippen MR) is 92.2 cm³/mol. The molecule has 0 bridgehead atoms. The zero-order valence-corrected chi connectivity index (χ0v) is 14.2. The van der Waals surface area contributed by atoms with Gasteiger partial charge < -0.3 is 20.7 Å². The Kier molecular flexibility index (Phi) is 7.06. The van der Waals surface area contributed by atoms with E-state index in [1.54, 1.807) is 4.90 Å². The van der Waals surface area contributed by atoms with Crippen molar-refractivity contribution in [2.24, 2.45) is 5.73 Å². The topological polar surface area (TPSA) is 84.7 Å². The van der Waals surface area contributed by atoms with Gasteiger partial charge in [0.2, 0.25) is 5.91 Å². The summed E-state index contributed by atoms with van der Waals surface area (Å²) >= 11 is 0. The molecule has 2 amide bonds. The Bertz CT molecular complexity index is 536. The van der Waals surface area contributed by atoms with Crippen molar-refractivity contribution in [3.8, 4) is 0 Å². The van der Waals surface area contributed by atoms with Gasteiger partial charge in [-0.25, -0.2) is 4.79 Å². The summed E-state index contributed by atoms with van der Waals surface area (Å²) in [6, 6.07) is 9.47. The average Bonchev–Trinajstić information content (AvgIpc) is 2.62. The van der Waals surface area contributed by atoms with Gasteiger partial charge in [0.15, 0.2) is 0 Å². The first kappa shape index (κ1) is 18.3. The van der Waals surface area contributed by atoms with Crippen molar-refractivity contribution in [3.63, 3.8) is 0 Å². The van der Waals surface area contributed by atoms with Crippen LogP contribution in [0.5, 0.6) is 0 Å². The number of nitrogens with zero attached hydrogens (tertiary/aromatic N) is 1. The van der Waals surface area contributed by atoms with E-state index < -0.39 is 6.09 Å². The number of hydrogen-bond donors (Lipinski definition) is 2. The SMILES string of the molecule is CCN(C(=O)CN)[C@H]1CCCC[C@H]1NC(=O)OCc1ccccc1. The molecule has 1 aromatic rings. The lowest BCUT2D eigenvalue weighted by Crippen LogP contribution is -2.56. The second-order valence-corrected chi connectivity index (χ2v) is 6.05. The molecule has 0 spiro atoms. The maximum Gasteiger partial charge on any atom is 0.407 e. The Morgan fingerprint density at radius 2 is 1.96 bits per heavy atom. The molecule has 0 saturated heterocycles.